The van der Waals surface area contributed by atoms with Gasteiger partial charge < -0.3 is 14.4 Å². The van der Waals surface area contributed by atoms with Gasteiger partial charge in [0, 0.05) is 39.2 Å². The summed E-state index contributed by atoms with van der Waals surface area (Å²) < 4.78 is 11.6. The number of benzene rings is 2. The second-order valence-electron chi connectivity index (χ2n) is 11.6. The van der Waals surface area contributed by atoms with Gasteiger partial charge in [0.1, 0.15) is 5.75 Å². The van der Waals surface area contributed by atoms with Crippen molar-refractivity contribution in [2.45, 2.75) is 75.2 Å². The molecule has 8 heteroatoms. The Balaban J connectivity index is 0.00000301. The van der Waals surface area contributed by atoms with Gasteiger partial charge in [0.05, 0.1) is 28.4 Å². The minimum Gasteiger partial charge on any atom is -0.494 e. The van der Waals surface area contributed by atoms with Crippen molar-refractivity contribution in [3.63, 3.8) is 0 Å². The molecule has 42 heavy (non-hydrogen) atoms. The van der Waals surface area contributed by atoms with Gasteiger partial charge in [-0.2, -0.15) is 0 Å². The van der Waals surface area contributed by atoms with Crippen LogP contribution in [0.25, 0.3) is 0 Å². The van der Waals surface area contributed by atoms with E-state index in [0.29, 0.717) is 18.0 Å². The van der Waals surface area contributed by atoms with Crippen molar-refractivity contribution in [1.29, 1.82) is 0 Å². The number of rotatable bonds is 12. The Morgan fingerprint density at radius 3 is 2.29 bits per heavy atom. The molecule has 2 aromatic rings. The topological polar surface area (TPSA) is 62.3 Å². The van der Waals surface area contributed by atoms with Gasteiger partial charge in [-0.1, -0.05) is 57.5 Å². The van der Waals surface area contributed by atoms with Crippen LogP contribution in [0.15, 0.2) is 36.4 Å². The molecule has 1 aliphatic heterocycles. The van der Waals surface area contributed by atoms with Gasteiger partial charge in [-0.25, -0.2) is 0 Å². The summed E-state index contributed by atoms with van der Waals surface area (Å²) in [5.41, 5.74) is 3.21. The molecule has 7 nitrogen and oxygen atoms in total. The van der Waals surface area contributed by atoms with Crippen molar-refractivity contribution < 1.29 is 19.1 Å². The van der Waals surface area contributed by atoms with Gasteiger partial charge in [0.15, 0.2) is 6.73 Å². The SMILES string of the molecule is CC.CC(=O)N(COC(=O)C(C)(C)C(C)C)c1cc(OCCCCN2CCN(c3cccc(C)c3Cl)CC2)ccc1C. The molecule has 0 aromatic heterocycles. The first-order chi connectivity index (χ1) is 19.9. The van der Waals surface area contributed by atoms with Crippen LogP contribution in [0, 0.1) is 25.2 Å². The number of hydrogen-bond donors (Lipinski definition) is 0. The van der Waals surface area contributed by atoms with Crippen molar-refractivity contribution in [3.05, 3.63) is 52.5 Å². The Labute approximate surface area is 259 Å². The van der Waals surface area contributed by atoms with E-state index in [-0.39, 0.29) is 24.5 Å². The van der Waals surface area contributed by atoms with Crippen LogP contribution in [-0.4, -0.2) is 62.8 Å². The van der Waals surface area contributed by atoms with E-state index >= 15 is 0 Å². The maximum absolute atomic E-state index is 12.6. The summed E-state index contributed by atoms with van der Waals surface area (Å²) in [6.45, 7) is 22.6. The number of nitrogens with zero attached hydrogens (tertiary/aromatic N) is 3. The van der Waals surface area contributed by atoms with E-state index in [2.05, 4.69) is 21.9 Å². The van der Waals surface area contributed by atoms with Crippen molar-refractivity contribution in [1.82, 2.24) is 4.90 Å². The molecule has 3 rings (SSSR count). The molecular weight excluding hydrogens is 550 g/mol. The van der Waals surface area contributed by atoms with Gasteiger partial charge in [-0.3, -0.25) is 19.4 Å². The number of unbranched alkanes of at least 4 members (excludes halogenated alkanes) is 1. The van der Waals surface area contributed by atoms with Crippen LogP contribution in [0.1, 0.15) is 72.4 Å². The zero-order valence-electron chi connectivity index (χ0n) is 27.3. The lowest BCUT2D eigenvalue weighted by molar-refractivity contribution is -0.156. The number of ether oxygens (including phenoxy) is 2. The fourth-order valence-corrected chi connectivity index (χ4v) is 4.81. The molecule has 1 aliphatic rings. The third-order valence-electron chi connectivity index (χ3n) is 8.17. The Bertz CT molecular complexity index is 1160. The molecule has 0 N–H and O–H groups in total. The van der Waals surface area contributed by atoms with Gasteiger partial charge in [0.25, 0.3) is 0 Å². The molecule has 0 bridgehead atoms. The van der Waals surface area contributed by atoms with E-state index in [1.165, 1.54) is 11.8 Å². The molecule has 1 fully saturated rings. The molecule has 0 unspecified atom stereocenters. The fourth-order valence-electron chi connectivity index (χ4n) is 4.56. The number of esters is 1. The summed E-state index contributed by atoms with van der Waals surface area (Å²) in [5.74, 6) is 0.301. The normalized spacial score (nSPS) is 13.8. The number of piperazine rings is 1. The first-order valence-electron chi connectivity index (χ1n) is 15.3. The Morgan fingerprint density at radius 2 is 1.67 bits per heavy atom. The predicted molar refractivity (Wildman–Crippen MR) is 175 cm³/mol. The third kappa shape index (κ3) is 9.63. The van der Waals surface area contributed by atoms with Crippen LogP contribution in [0.3, 0.4) is 0 Å². The van der Waals surface area contributed by atoms with E-state index in [1.807, 2.05) is 79.7 Å². The van der Waals surface area contributed by atoms with E-state index in [4.69, 9.17) is 21.1 Å². The number of aryl methyl sites for hydroxylation is 2. The largest absolute Gasteiger partial charge is 0.494 e. The molecular formula is C34H52ClN3O4. The lowest BCUT2D eigenvalue weighted by atomic mass is 9.81. The highest BCUT2D eigenvalue weighted by atomic mass is 35.5. The molecule has 0 saturated carbocycles. The molecule has 1 amide bonds. The van der Waals surface area contributed by atoms with Crippen molar-refractivity contribution in [3.8, 4) is 5.75 Å². The second kappa shape index (κ2) is 16.8. The first-order valence-corrected chi connectivity index (χ1v) is 15.7. The van der Waals surface area contributed by atoms with Crippen LogP contribution in [0.5, 0.6) is 5.75 Å². The molecule has 0 spiro atoms. The number of amides is 1. The van der Waals surface area contributed by atoms with E-state index < -0.39 is 5.41 Å². The summed E-state index contributed by atoms with van der Waals surface area (Å²) >= 11 is 6.53. The molecule has 1 saturated heterocycles. The maximum Gasteiger partial charge on any atom is 0.313 e. The summed E-state index contributed by atoms with van der Waals surface area (Å²) in [6, 6.07) is 11.9. The average molecular weight is 602 g/mol. The van der Waals surface area contributed by atoms with Crippen LogP contribution < -0.4 is 14.5 Å². The monoisotopic (exact) mass is 601 g/mol. The quantitative estimate of drug-likeness (QED) is 0.143. The Morgan fingerprint density at radius 1 is 1.00 bits per heavy atom. The highest BCUT2D eigenvalue weighted by Crippen LogP contribution is 2.31. The van der Waals surface area contributed by atoms with Gasteiger partial charge in [-0.05, 0) is 76.3 Å². The number of halogens is 1. The van der Waals surface area contributed by atoms with E-state index in [1.54, 1.807) is 0 Å². The number of carbonyl (C=O) groups is 2. The molecule has 0 atom stereocenters. The van der Waals surface area contributed by atoms with Crippen LogP contribution in [0.4, 0.5) is 11.4 Å². The highest BCUT2D eigenvalue weighted by molar-refractivity contribution is 6.34. The lowest BCUT2D eigenvalue weighted by Crippen LogP contribution is -2.46. The Hall–Kier alpha value is -2.77. The van der Waals surface area contributed by atoms with Crippen molar-refractivity contribution in [2.24, 2.45) is 11.3 Å². The number of hydrogen-bond acceptors (Lipinski definition) is 6. The molecule has 2 aromatic carbocycles. The minimum atomic E-state index is -0.634. The second-order valence-corrected chi connectivity index (χ2v) is 12.0. The standard InChI is InChI=1S/C32H46ClN3O4.C2H6/c1-23(2)32(6,7)31(38)40-22-36(26(5)37)29-21-27(14-13-24(29)3)39-20-9-8-15-34-16-18-35(19-17-34)28-12-10-11-25(4)30(28)33;1-2/h10-14,21,23H,8-9,15-20,22H2,1-7H3;1-2H3. The lowest BCUT2D eigenvalue weighted by Gasteiger charge is -2.36. The van der Waals surface area contributed by atoms with Gasteiger partial charge >= 0.3 is 5.97 Å². The average Bonchev–Trinajstić information content (AvgIpc) is 2.97. The van der Waals surface area contributed by atoms with Crippen molar-refractivity contribution >= 4 is 34.9 Å². The molecule has 0 radical (unpaired) electrons. The van der Waals surface area contributed by atoms with Gasteiger partial charge in [-0.15, -0.1) is 0 Å². The van der Waals surface area contributed by atoms with Crippen LogP contribution in [-0.2, 0) is 14.3 Å². The molecule has 1 heterocycles. The van der Waals surface area contributed by atoms with Crippen LogP contribution in [0.2, 0.25) is 5.02 Å². The first kappa shape index (κ1) is 35.4. The number of anilines is 2. The van der Waals surface area contributed by atoms with Crippen LogP contribution >= 0.6 is 11.6 Å². The summed E-state index contributed by atoms with van der Waals surface area (Å²) in [6.07, 6.45) is 1.98. The van der Waals surface area contributed by atoms with Crippen molar-refractivity contribution in [2.75, 3.05) is 55.9 Å². The highest BCUT2D eigenvalue weighted by Gasteiger charge is 2.33. The maximum atomic E-state index is 12.6. The minimum absolute atomic E-state index is 0.117. The summed E-state index contributed by atoms with van der Waals surface area (Å²) in [5, 5.41) is 0.856. The Kier molecular flexibility index (Phi) is 14.1. The zero-order valence-corrected chi connectivity index (χ0v) is 28.0. The van der Waals surface area contributed by atoms with E-state index in [0.717, 1.165) is 67.4 Å². The van der Waals surface area contributed by atoms with Gasteiger partial charge in [0.2, 0.25) is 5.91 Å². The predicted octanol–water partition coefficient (Wildman–Crippen LogP) is 7.50. The van der Waals surface area contributed by atoms with E-state index in [9.17, 15) is 9.59 Å². The molecule has 234 valence electrons. The zero-order chi connectivity index (χ0) is 31.4. The third-order valence-corrected chi connectivity index (χ3v) is 8.66. The summed E-state index contributed by atoms with van der Waals surface area (Å²) in [4.78, 5) is 31.5. The smallest absolute Gasteiger partial charge is 0.313 e. The molecule has 0 aliphatic carbocycles. The fraction of sp³-hybridized carbons (Fsp3) is 0.588. The summed E-state index contributed by atoms with van der Waals surface area (Å²) in [7, 11) is 0. The number of carbonyl (C=O) groups excluding carboxylic acids is 2.